The molecule has 0 radical (unpaired) electrons. The molecule has 0 saturated carbocycles. The van der Waals surface area contributed by atoms with E-state index >= 15 is 0 Å². The third kappa shape index (κ3) is 3.98. The molecule has 1 aromatic heterocycles. The van der Waals surface area contributed by atoms with Crippen LogP contribution in [0.25, 0.3) is 0 Å². The van der Waals surface area contributed by atoms with E-state index in [1.807, 2.05) is 24.8 Å². The number of hydrogen-bond acceptors (Lipinski definition) is 4. The van der Waals surface area contributed by atoms with E-state index in [0.29, 0.717) is 22.2 Å². The number of amides is 1. The number of aryl methyl sites for hydroxylation is 1. The number of nitrogens with one attached hydrogen (secondary N) is 1. The average Bonchev–Trinajstić information content (AvgIpc) is 3.04. The maximum absolute atomic E-state index is 12.6. The van der Waals surface area contributed by atoms with E-state index in [0.717, 1.165) is 23.5 Å². The molecule has 1 atom stereocenters. The van der Waals surface area contributed by atoms with E-state index in [4.69, 9.17) is 16.3 Å². The molecule has 1 amide bonds. The standard InChI is InChI=1S/C17H17ClN2O2S/c1-11-4-5-12(18)9-15(11)20-16(21)14-3-2-7-19-17(14)22-13-6-8-23-10-13/h2-5,7,9,13H,6,8,10H2,1H3,(H,20,21). The fraction of sp³-hybridized carbons (Fsp3) is 0.294. The van der Waals surface area contributed by atoms with Crippen LogP contribution in [0.15, 0.2) is 36.5 Å². The fourth-order valence-corrected chi connectivity index (χ4v) is 3.61. The summed E-state index contributed by atoms with van der Waals surface area (Å²) in [6, 6.07) is 8.85. The average molecular weight is 349 g/mol. The highest BCUT2D eigenvalue weighted by molar-refractivity contribution is 7.99. The Hall–Kier alpha value is -1.72. The number of halogens is 1. The summed E-state index contributed by atoms with van der Waals surface area (Å²) >= 11 is 7.85. The van der Waals surface area contributed by atoms with Crippen LogP contribution in [0, 0.1) is 6.92 Å². The third-order valence-corrected chi connectivity index (χ3v) is 5.00. The lowest BCUT2D eigenvalue weighted by molar-refractivity contribution is 0.101. The first-order valence-corrected chi connectivity index (χ1v) is 8.93. The number of thioether (sulfide) groups is 1. The van der Waals surface area contributed by atoms with E-state index in [1.54, 1.807) is 30.5 Å². The van der Waals surface area contributed by atoms with Crippen molar-refractivity contribution in [2.24, 2.45) is 0 Å². The van der Waals surface area contributed by atoms with Crippen LogP contribution in [-0.2, 0) is 0 Å². The van der Waals surface area contributed by atoms with Gasteiger partial charge in [0.2, 0.25) is 5.88 Å². The molecule has 0 bridgehead atoms. The maximum Gasteiger partial charge on any atom is 0.261 e. The van der Waals surface area contributed by atoms with Gasteiger partial charge in [0.1, 0.15) is 11.7 Å². The minimum absolute atomic E-state index is 0.120. The van der Waals surface area contributed by atoms with Gasteiger partial charge >= 0.3 is 0 Å². The summed E-state index contributed by atoms with van der Waals surface area (Å²) in [4.78, 5) is 16.8. The molecule has 4 nitrogen and oxygen atoms in total. The van der Waals surface area contributed by atoms with Crippen LogP contribution < -0.4 is 10.1 Å². The molecule has 1 aromatic carbocycles. The summed E-state index contributed by atoms with van der Waals surface area (Å²) in [7, 11) is 0. The summed E-state index contributed by atoms with van der Waals surface area (Å²) in [6.45, 7) is 1.92. The van der Waals surface area contributed by atoms with E-state index < -0.39 is 0 Å². The van der Waals surface area contributed by atoms with Gasteiger partial charge in [-0.25, -0.2) is 4.98 Å². The first-order chi connectivity index (χ1) is 11.1. The van der Waals surface area contributed by atoms with Gasteiger partial charge in [-0.05, 0) is 48.9 Å². The quantitative estimate of drug-likeness (QED) is 0.900. The van der Waals surface area contributed by atoms with Gasteiger partial charge in [-0.15, -0.1) is 0 Å². The molecule has 1 unspecified atom stereocenters. The number of rotatable bonds is 4. The zero-order chi connectivity index (χ0) is 16.2. The number of benzene rings is 1. The number of aromatic nitrogens is 1. The van der Waals surface area contributed by atoms with Gasteiger partial charge in [-0.2, -0.15) is 11.8 Å². The monoisotopic (exact) mass is 348 g/mol. The van der Waals surface area contributed by atoms with Gasteiger partial charge in [0.25, 0.3) is 5.91 Å². The fourth-order valence-electron chi connectivity index (χ4n) is 2.34. The molecule has 23 heavy (non-hydrogen) atoms. The van der Waals surface area contributed by atoms with Crippen molar-refractivity contribution in [1.29, 1.82) is 0 Å². The first-order valence-electron chi connectivity index (χ1n) is 7.40. The van der Waals surface area contributed by atoms with Gasteiger partial charge < -0.3 is 10.1 Å². The molecular formula is C17H17ClN2O2S. The maximum atomic E-state index is 12.6. The topological polar surface area (TPSA) is 51.2 Å². The first kappa shape index (κ1) is 16.1. The lowest BCUT2D eigenvalue weighted by Crippen LogP contribution is -2.20. The van der Waals surface area contributed by atoms with E-state index in [9.17, 15) is 4.79 Å². The van der Waals surface area contributed by atoms with E-state index in [2.05, 4.69) is 10.3 Å². The highest BCUT2D eigenvalue weighted by Gasteiger charge is 2.21. The van der Waals surface area contributed by atoms with Crippen LogP contribution in [0.5, 0.6) is 5.88 Å². The molecule has 3 rings (SSSR count). The molecule has 2 aromatic rings. The highest BCUT2D eigenvalue weighted by atomic mass is 35.5. The molecule has 1 aliphatic heterocycles. The van der Waals surface area contributed by atoms with Crippen molar-refractivity contribution < 1.29 is 9.53 Å². The predicted molar refractivity (Wildman–Crippen MR) is 94.7 cm³/mol. The molecular weight excluding hydrogens is 332 g/mol. The normalized spacial score (nSPS) is 17.0. The molecule has 120 valence electrons. The Morgan fingerprint density at radius 3 is 3.09 bits per heavy atom. The number of pyridine rings is 1. The molecule has 1 fully saturated rings. The summed E-state index contributed by atoms with van der Waals surface area (Å²) in [5.41, 5.74) is 2.07. The van der Waals surface area contributed by atoms with Gasteiger partial charge in [0.15, 0.2) is 0 Å². The molecule has 1 saturated heterocycles. The SMILES string of the molecule is Cc1ccc(Cl)cc1NC(=O)c1cccnc1OC1CCSC1. The van der Waals surface area contributed by atoms with E-state index in [-0.39, 0.29) is 12.0 Å². The zero-order valence-electron chi connectivity index (χ0n) is 12.7. The molecule has 1 N–H and O–H groups in total. The zero-order valence-corrected chi connectivity index (χ0v) is 14.3. The van der Waals surface area contributed by atoms with Crippen molar-refractivity contribution in [3.05, 3.63) is 52.7 Å². The number of anilines is 1. The largest absolute Gasteiger partial charge is 0.473 e. The van der Waals surface area contributed by atoms with Crippen LogP contribution in [0.2, 0.25) is 5.02 Å². The van der Waals surface area contributed by atoms with Gasteiger partial charge in [-0.1, -0.05) is 17.7 Å². The number of hydrogen-bond donors (Lipinski definition) is 1. The highest BCUT2D eigenvalue weighted by Crippen LogP contribution is 2.26. The van der Waals surface area contributed by atoms with Crippen molar-refractivity contribution in [2.45, 2.75) is 19.4 Å². The molecule has 2 heterocycles. The lowest BCUT2D eigenvalue weighted by atomic mass is 10.2. The second-order valence-electron chi connectivity index (χ2n) is 5.37. The van der Waals surface area contributed by atoms with Crippen molar-refractivity contribution >= 4 is 35.0 Å². The number of ether oxygens (including phenoxy) is 1. The van der Waals surface area contributed by atoms with Crippen LogP contribution in [-0.4, -0.2) is 28.5 Å². The second-order valence-corrected chi connectivity index (χ2v) is 6.96. The Labute approximate surface area is 144 Å². The van der Waals surface area contributed by atoms with Crippen LogP contribution in [0.4, 0.5) is 5.69 Å². The van der Waals surface area contributed by atoms with Crippen molar-refractivity contribution in [3.8, 4) is 5.88 Å². The predicted octanol–water partition coefficient (Wildman–Crippen LogP) is 4.18. The molecule has 6 heteroatoms. The second kappa shape index (κ2) is 7.23. The summed E-state index contributed by atoms with van der Waals surface area (Å²) in [5.74, 6) is 2.16. The smallest absolute Gasteiger partial charge is 0.261 e. The van der Waals surface area contributed by atoms with Crippen molar-refractivity contribution in [3.63, 3.8) is 0 Å². The Kier molecular flexibility index (Phi) is 5.08. The minimum atomic E-state index is -0.246. The summed E-state index contributed by atoms with van der Waals surface area (Å²) in [5, 5.41) is 3.46. The number of carbonyl (C=O) groups excluding carboxylic acids is 1. The number of carbonyl (C=O) groups is 1. The van der Waals surface area contributed by atoms with Crippen LogP contribution >= 0.6 is 23.4 Å². The van der Waals surface area contributed by atoms with Crippen LogP contribution in [0.1, 0.15) is 22.3 Å². The molecule has 0 aliphatic carbocycles. The lowest BCUT2D eigenvalue weighted by Gasteiger charge is -2.15. The van der Waals surface area contributed by atoms with Crippen LogP contribution in [0.3, 0.4) is 0 Å². The summed E-state index contributed by atoms with van der Waals surface area (Å²) in [6.07, 6.45) is 2.74. The van der Waals surface area contributed by atoms with Gasteiger partial charge in [0.05, 0.1) is 0 Å². The molecule has 0 spiro atoms. The summed E-state index contributed by atoms with van der Waals surface area (Å²) < 4.78 is 5.90. The Bertz CT molecular complexity index is 717. The number of nitrogens with zero attached hydrogens (tertiary/aromatic N) is 1. The van der Waals surface area contributed by atoms with E-state index in [1.165, 1.54) is 0 Å². The minimum Gasteiger partial charge on any atom is -0.473 e. The molecule has 1 aliphatic rings. The Morgan fingerprint density at radius 1 is 1.43 bits per heavy atom. The Balaban J connectivity index is 1.80. The third-order valence-electron chi connectivity index (χ3n) is 3.63. The van der Waals surface area contributed by atoms with Crippen molar-refractivity contribution in [1.82, 2.24) is 4.98 Å². The van der Waals surface area contributed by atoms with Gasteiger partial charge in [-0.3, -0.25) is 4.79 Å². The Morgan fingerprint density at radius 2 is 2.30 bits per heavy atom. The van der Waals surface area contributed by atoms with Crippen molar-refractivity contribution in [2.75, 3.05) is 16.8 Å². The van der Waals surface area contributed by atoms with Gasteiger partial charge in [0, 0.05) is 22.7 Å².